The minimum atomic E-state index is -0.375. The van der Waals surface area contributed by atoms with Gasteiger partial charge in [-0.25, -0.2) is 14.4 Å². The highest BCUT2D eigenvalue weighted by Gasteiger charge is 2.08. The predicted molar refractivity (Wildman–Crippen MR) is 70.3 cm³/mol. The number of carbonyl (C=O) groups excluding carboxylic acids is 1. The van der Waals surface area contributed by atoms with E-state index in [0.29, 0.717) is 25.1 Å². The molecule has 1 heterocycles. The molecule has 0 atom stereocenters. The summed E-state index contributed by atoms with van der Waals surface area (Å²) in [5.41, 5.74) is 0.420. The van der Waals surface area contributed by atoms with Crippen LogP contribution >= 0.6 is 0 Å². The molecule has 0 amide bonds. The number of anilines is 1. The Kier molecular flexibility index (Phi) is 6.78. The van der Waals surface area contributed by atoms with Gasteiger partial charge in [0.2, 0.25) is 0 Å². The Bertz CT molecular complexity index is 413. The van der Waals surface area contributed by atoms with Crippen LogP contribution in [0.3, 0.4) is 0 Å². The number of hydrogen-bond donors (Lipinski definition) is 1. The zero-order chi connectivity index (χ0) is 14.1. The first kappa shape index (κ1) is 15.3. The Morgan fingerprint density at radius 3 is 2.84 bits per heavy atom. The van der Waals surface area contributed by atoms with E-state index in [-0.39, 0.29) is 17.6 Å². The van der Waals surface area contributed by atoms with E-state index in [4.69, 9.17) is 0 Å². The van der Waals surface area contributed by atoms with E-state index in [0.717, 1.165) is 19.3 Å². The van der Waals surface area contributed by atoms with Crippen molar-refractivity contribution >= 4 is 11.8 Å². The molecule has 0 saturated carbocycles. The van der Waals surface area contributed by atoms with Crippen molar-refractivity contribution < 1.29 is 13.9 Å². The van der Waals surface area contributed by atoms with Gasteiger partial charge < -0.3 is 10.1 Å². The smallest absolute Gasteiger partial charge is 0.305 e. The first-order valence-corrected chi connectivity index (χ1v) is 6.49. The molecule has 0 spiro atoms. The molecule has 1 rings (SSSR count). The van der Waals surface area contributed by atoms with Crippen LogP contribution in [0.15, 0.2) is 6.33 Å². The van der Waals surface area contributed by atoms with Crippen LogP contribution in [0.1, 0.15) is 38.3 Å². The maximum absolute atomic E-state index is 13.8. The molecule has 106 valence electrons. The fraction of sp³-hybridized carbons (Fsp3) is 0.615. The Morgan fingerprint density at radius 2 is 2.16 bits per heavy atom. The molecular weight excluding hydrogens is 249 g/mol. The highest BCUT2D eigenvalue weighted by molar-refractivity contribution is 5.68. The van der Waals surface area contributed by atoms with E-state index in [1.165, 1.54) is 13.4 Å². The molecule has 0 unspecified atom stereocenters. The van der Waals surface area contributed by atoms with E-state index in [1.54, 1.807) is 0 Å². The van der Waals surface area contributed by atoms with Gasteiger partial charge in [-0.2, -0.15) is 0 Å². The van der Waals surface area contributed by atoms with Crippen molar-refractivity contribution in [2.75, 3.05) is 19.0 Å². The molecule has 0 fully saturated rings. The topological polar surface area (TPSA) is 64.1 Å². The summed E-state index contributed by atoms with van der Waals surface area (Å²) in [6.45, 7) is 2.47. The summed E-state index contributed by atoms with van der Waals surface area (Å²) in [5, 5.41) is 2.95. The van der Waals surface area contributed by atoms with E-state index in [2.05, 4.69) is 20.0 Å². The second-order valence-corrected chi connectivity index (χ2v) is 4.15. The second-order valence-electron chi connectivity index (χ2n) is 4.15. The lowest BCUT2D eigenvalue weighted by Gasteiger charge is -2.07. The Labute approximate surface area is 112 Å². The van der Waals surface area contributed by atoms with Crippen molar-refractivity contribution in [2.24, 2.45) is 0 Å². The number of aryl methyl sites for hydroxylation is 1. The highest BCUT2D eigenvalue weighted by atomic mass is 19.1. The quantitative estimate of drug-likeness (QED) is 0.579. The Hall–Kier alpha value is -1.72. The van der Waals surface area contributed by atoms with Crippen LogP contribution < -0.4 is 5.32 Å². The summed E-state index contributed by atoms with van der Waals surface area (Å²) in [7, 11) is 1.38. The van der Waals surface area contributed by atoms with Crippen molar-refractivity contribution in [3.8, 4) is 0 Å². The van der Waals surface area contributed by atoms with Gasteiger partial charge in [-0.1, -0.05) is 13.3 Å². The van der Waals surface area contributed by atoms with Crippen LogP contribution in [-0.4, -0.2) is 29.6 Å². The van der Waals surface area contributed by atoms with E-state index in [1.807, 2.05) is 6.92 Å². The van der Waals surface area contributed by atoms with Crippen LogP contribution in [0.25, 0.3) is 0 Å². The lowest BCUT2D eigenvalue weighted by molar-refractivity contribution is -0.140. The number of nitrogens with one attached hydrogen (secondary N) is 1. The van der Waals surface area contributed by atoms with E-state index in [9.17, 15) is 9.18 Å². The number of esters is 1. The number of methoxy groups -OCH3 is 1. The number of unbranched alkanes of at least 4 members (excludes halogenated alkanes) is 2. The summed E-state index contributed by atoms with van der Waals surface area (Å²) in [6.07, 6.45) is 4.85. The zero-order valence-electron chi connectivity index (χ0n) is 11.4. The third kappa shape index (κ3) is 5.19. The van der Waals surface area contributed by atoms with Crippen LogP contribution in [-0.2, 0) is 16.0 Å². The minimum absolute atomic E-state index is 0.192. The van der Waals surface area contributed by atoms with Gasteiger partial charge in [0.15, 0.2) is 11.6 Å². The molecule has 1 aromatic rings. The molecule has 0 saturated heterocycles. The summed E-state index contributed by atoms with van der Waals surface area (Å²) < 4.78 is 18.3. The number of ether oxygens (including phenoxy) is 1. The molecule has 5 nitrogen and oxygen atoms in total. The molecule has 0 aliphatic rings. The number of carbonyl (C=O) groups is 1. The summed E-state index contributed by atoms with van der Waals surface area (Å²) in [4.78, 5) is 18.6. The van der Waals surface area contributed by atoms with Gasteiger partial charge in [0.05, 0.1) is 12.8 Å². The maximum atomic E-state index is 13.8. The summed E-state index contributed by atoms with van der Waals surface area (Å²) in [5.74, 6) is -0.318. The molecule has 6 heteroatoms. The van der Waals surface area contributed by atoms with Gasteiger partial charge in [-0.15, -0.1) is 0 Å². The molecule has 19 heavy (non-hydrogen) atoms. The number of rotatable bonds is 8. The normalized spacial score (nSPS) is 10.3. The molecule has 0 aromatic carbocycles. The lowest BCUT2D eigenvalue weighted by atomic mass is 10.2. The van der Waals surface area contributed by atoms with Crippen molar-refractivity contribution in [3.05, 3.63) is 17.8 Å². The van der Waals surface area contributed by atoms with Gasteiger partial charge in [-0.3, -0.25) is 4.79 Å². The Balaban J connectivity index is 2.24. The van der Waals surface area contributed by atoms with E-state index >= 15 is 0 Å². The van der Waals surface area contributed by atoms with Crippen LogP contribution in [0, 0.1) is 5.82 Å². The highest BCUT2D eigenvalue weighted by Crippen LogP contribution is 2.13. The number of nitrogens with zero attached hydrogens (tertiary/aromatic N) is 2. The van der Waals surface area contributed by atoms with Gasteiger partial charge in [-0.05, 0) is 19.3 Å². The maximum Gasteiger partial charge on any atom is 0.305 e. The van der Waals surface area contributed by atoms with Crippen molar-refractivity contribution in [3.63, 3.8) is 0 Å². The van der Waals surface area contributed by atoms with Gasteiger partial charge in [0.25, 0.3) is 0 Å². The molecule has 1 aromatic heterocycles. The Morgan fingerprint density at radius 1 is 1.37 bits per heavy atom. The van der Waals surface area contributed by atoms with Crippen molar-refractivity contribution in [1.82, 2.24) is 9.97 Å². The number of halogens is 1. The predicted octanol–water partition coefficient (Wildman–Crippen LogP) is 2.32. The summed E-state index contributed by atoms with van der Waals surface area (Å²) in [6, 6.07) is 0. The largest absolute Gasteiger partial charge is 0.469 e. The van der Waals surface area contributed by atoms with Gasteiger partial charge in [0.1, 0.15) is 6.33 Å². The molecule has 0 bridgehead atoms. The molecule has 0 aliphatic heterocycles. The third-order valence-electron chi connectivity index (χ3n) is 2.77. The molecule has 0 radical (unpaired) electrons. The monoisotopic (exact) mass is 269 g/mol. The zero-order valence-corrected chi connectivity index (χ0v) is 11.4. The fourth-order valence-corrected chi connectivity index (χ4v) is 1.66. The fourth-order valence-electron chi connectivity index (χ4n) is 1.66. The van der Waals surface area contributed by atoms with Gasteiger partial charge in [0, 0.05) is 13.0 Å². The van der Waals surface area contributed by atoms with Crippen molar-refractivity contribution in [1.29, 1.82) is 0 Å². The summed E-state index contributed by atoms with van der Waals surface area (Å²) >= 11 is 0. The molecule has 1 N–H and O–H groups in total. The number of hydrogen-bond acceptors (Lipinski definition) is 5. The molecular formula is C13H20FN3O2. The first-order chi connectivity index (χ1) is 9.19. The lowest BCUT2D eigenvalue weighted by Crippen LogP contribution is -2.08. The molecule has 0 aliphatic carbocycles. The average molecular weight is 269 g/mol. The van der Waals surface area contributed by atoms with Crippen LogP contribution in [0.2, 0.25) is 0 Å². The SMILES string of the molecule is CCc1ncnc(NCCCCCC(=O)OC)c1F. The second kappa shape index (κ2) is 8.39. The van der Waals surface area contributed by atoms with Crippen molar-refractivity contribution in [2.45, 2.75) is 39.0 Å². The first-order valence-electron chi connectivity index (χ1n) is 6.49. The van der Waals surface area contributed by atoms with Crippen LogP contribution in [0.5, 0.6) is 0 Å². The van der Waals surface area contributed by atoms with Crippen LogP contribution in [0.4, 0.5) is 10.2 Å². The standard InChI is InChI=1S/C13H20FN3O2/c1-3-10-12(14)13(17-9-16-10)15-8-6-4-5-7-11(18)19-2/h9H,3-8H2,1-2H3,(H,15,16,17). The minimum Gasteiger partial charge on any atom is -0.469 e. The van der Waals surface area contributed by atoms with Gasteiger partial charge >= 0.3 is 5.97 Å². The van der Waals surface area contributed by atoms with E-state index < -0.39 is 0 Å². The average Bonchev–Trinajstić information content (AvgIpc) is 2.43. The third-order valence-corrected chi connectivity index (χ3v) is 2.77. The number of aromatic nitrogens is 2.